The molecule has 0 saturated heterocycles. The summed E-state index contributed by atoms with van der Waals surface area (Å²) in [5, 5.41) is 1.35. The molecule has 0 saturated carbocycles. The van der Waals surface area contributed by atoms with Crippen molar-refractivity contribution in [3.63, 3.8) is 0 Å². The molecule has 2 aromatic rings. The molecule has 1 aliphatic rings. The van der Waals surface area contributed by atoms with E-state index in [-0.39, 0.29) is 0 Å². The van der Waals surface area contributed by atoms with E-state index >= 15 is 0 Å². The lowest BCUT2D eigenvalue weighted by Crippen LogP contribution is -2.31. The first-order chi connectivity index (χ1) is 9.24. The highest BCUT2D eigenvalue weighted by Gasteiger charge is 2.15. The molecule has 1 aromatic carbocycles. The number of nitrogens with zero attached hydrogens (tertiary/aromatic N) is 1. The van der Waals surface area contributed by atoms with Crippen LogP contribution in [0.15, 0.2) is 36.5 Å². The zero-order valence-electron chi connectivity index (χ0n) is 11.8. The van der Waals surface area contributed by atoms with Gasteiger partial charge in [0.05, 0.1) is 0 Å². The summed E-state index contributed by atoms with van der Waals surface area (Å²) in [6.45, 7) is 8.06. The minimum Gasteiger partial charge on any atom is -0.361 e. The summed E-state index contributed by atoms with van der Waals surface area (Å²) in [7, 11) is 0. The van der Waals surface area contributed by atoms with Crippen molar-refractivity contribution in [2.24, 2.45) is 5.92 Å². The number of nitrogens with one attached hydrogen (secondary N) is 1. The molecule has 19 heavy (non-hydrogen) atoms. The van der Waals surface area contributed by atoms with Crippen molar-refractivity contribution >= 4 is 16.5 Å². The van der Waals surface area contributed by atoms with E-state index < -0.39 is 0 Å². The van der Waals surface area contributed by atoms with E-state index in [9.17, 15) is 0 Å². The average molecular weight is 254 g/mol. The zero-order valence-corrected chi connectivity index (χ0v) is 11.8. The van der Waals surface area contributed by atoms with E-state index in [4.69, 9.17) is 0 Å². The molecule has 0 unspecified atom stereocenters. The molecule has 0 aliphatic carbocycles. The molecule has 0 amide bonds. The van der Waals surface area contributed by atoms with Crippen molar-refractivity contribution in [1.29, 1.82) is 0 Å². The van der Waals surface area contributed by atoms with Gasteiger partial charge in [-0.2, -0.15) is 0 Å². The monoisotopic (exact) mass is 254 g/mol. The van der Waals surface area contributed by atoms with Crippen molar-refractivity contribution in [3.05, 3.63) is 42.1 Å². The molecule has 0 fully saturated rings. The first-order valence-corrected chi connectivity index (χ1v) is 7.22. The normalized spacial score (nSPS) is 17.1. The second-order valence-electron chi connectivity index (χ2n) is 5.88. The molecule has 3 rings (SSSR count). The number of aromatic amines is 1. The van der Waals surface area contributed by atoms with Gasteiger partial charge in [-0.15, -0.1) is 0 Å². The predicted octanol–water partition coefficient (Wildman–Crippen LogP) is 3.91. The highest BCUT2D eigenvalue weighted by atomic mass is 15.1. The average Bonchev–Trinajstić information content (AvgIpc) is 2.83. The molecule has 2 heteroatoms. The highest BCUT2D eigenvalue weighted by molar-refractivity contribution is 5.92. The number of hydrogen-bond acceptors (Lipinski definition) is 1. The Bertz CT molecular complexity index is 592. The highest BCUT2D eigenvalue weighted by Crippen LogP contribution is 2.29. The van der Waals surface area contributed by atoms with Gasteiger partial charge in [0.25, 0.3) is 0 Å². The zero-order chi connectivity index (χ0) is 13.2. The SMILES string of the molecule is CC(C)CN1CC=C(c2c[nH]c3ccccc23)CC1. The van der Waals surface area contributed by atoms with Gasteiger partial charge >= 0.3 is 0 Å². The molecule has 2 nitrogen and oxygen atoms in total. The maximum absolute atomic E-state index is 3.37. The van der Waals surface area contributed by atoms with Gasteiger partial charge in [-0.3, -0.25) is 4.90 Å². The molecule has 1 aliphatic heterocycles. The summed E-state index contributed by atoms with van der Waals surface area (Å²) in [6.07, 6.45) is 5.73. The maximum atomic E-state index is 3.37. The molecular weight excluding hydrogens is 232 g/mol. The van der Waals surface area contributed by atoms with E-state index in [0.29, 0.717) is 0 Å². The minimum absolute atomic E-state index is 0.753. The van der Waals surface area contributed by atoms with Crippen molar-refractivity contribution in [1.82, 2.24) is 9.88 Å². The summed E-state index contributed by atoms with van der Waals surface area (Å²) in [5.41, 5.74) is 4.13. The quantitative estimate of drug-likeness (QED) is 0.879. The van der Waals surface area contributed by atoms with Crippen molar-refractivity contribution < 1.29 is 0 Å². The number of aromatic nitrogens is 1. The Balaban J connectivity index is 1.82. The lowest BCUT2D eigenvalue weighted by atomic mass is 9.98. The van der Waals surface area contributed by atoms with Crippen LogP contribution in [-0.4, -0.2) is 29.5 Å². The summed E-state index contributed by atoms with van der Waals surface area (Å²) < 4.78 is 0. The van der Waals surface area contributed by atoms with Crippen LogP contribution in [0.2, 0.25) is 0 Å². The van der Waals surface area contributed by atoms with Crippen LogP contribution >= 0.6 is 0 Å². The standard InChI is InChI=1S/C17H22N2/c1-13(2)12-19-9-7-14(8-10-19)16-11-18-17-6-4-3-5-15(16)17/h3-7,11,13,18H,8-10,12H2,1-2H3. The summed E-state index contributed by atoms with van der Waals surface area (Å²) in [5.74, 6) is 0.753. The van der Waals surface area contributed by atoms with Crippen LogP contribution in [-0.2, 0) is 0 Å². The Kier molecular flexibility index (Phi) is 3.43. The van der Waals surface area contributed by atoms with Gasteiger partial charge in [0.15, 0.2) is 0 Å². The van der Waals surface area contributed by atoms with Crippen LogP contribution in [0.4, 0.5) is 0 Å². The van der Waals surface area contributed by atoms with Crippen LogP contribution in [0.3, 0.4) is 0 Å². The van der Waals surface area contributed by atoms with Gasteiger partial charge in [0, 0.05) is 42.3 Å². The number of rotatable bonds is 3. The van der Waals surface area contributed by atoms with E-state index in [0.717, 1.165) is 18.9 Å². The number of H-pyrrole nitrogens is 1. The molecule has 1 aromatic heterocycles. The van der Waals surface area contributed by atoms with E-state index in [1.165, 1.54) is 35.1 Å². The number of para-hydroxylation sites is 1. The Labute approximate surface area is 115 Å². The van der Waals surface area contributed by atoms with Crippen LogP contribution in [0.1, 0.15) is 25.8 Å². The first-order valence-electron chi connectivity index (χ1n) is 7.22. The van der Waals surface area contributed by atoms with Gasteiger partial charge in [-0.1, -0.05) is 38.1 Å². The molecule has 0 bridgehead atoms. The van der Waals surface area contributed by atoms with E-state index in [1.54, 1.807) is 0 Å². The largest absolute Gasteiger partial charge is 0.361 e. The van der Waals surface area contributed by atoms with Crippen LogP contribution in [0, 0.1) is 5.92 Å². The Morgan fingerprint density at radius 2 is 2.11 bits per heavy atom. The topological polar surface area (TPSA) is 19.0 Å². The molecule has 1 N–H and O–H groups in total. The van der Waals surface area contributed by atoms with Gasteiger partial charge in [0.2, 0.25) is 0 Å². The van der Waals surface area contributed by atoms with E-state index in [1.807, 2.05) is 0 Å². The van der Waals surface area contributed by atoms with Crippen LogP contribution in [0.25, 0.3) is 16.5 Å². The van der Waals surface area contributed by atoms with E-state index in [2.05, 4.69) is 60.3 Å². The van der Waals surface area contributed by atoms with Gasteiger partial charge < -0.3 is 4.98 Å². The molecule has 100 valence electrons. The Hall–Kier alpha value is -1.54. The smallest absolute Gasteiger partial charge is 0.0460 e. The molecule has 0 radical (unpaired) electrons. The lowest BCUT2D eigenvalue weighted by Gasteiger charge is -2.27. The molecule has 0 atom stereocenters. The summed E-state index contributed by atoms with van der Waals surface area (Å²) >= 11 is 0. The Morgan fingerprint density at radius 1 is 1.26 bits per heavy atom. The van der Waals surface area contributed by atoms with Gasteiger partial charge in [-0.25, -0.2) is 0 Å². The lowest BCUT2D eigenvalue weighted by molar-refractivity contribution is 0.268. The van der Waals surface area contributed by atoms with Crippen molar-refractivity contribution in [2.45, 2.75) is 20.3 Å². The Morgan fingerprint density at radius 3 is 2.84 bits per heavy atom. The third-order valence-corrected chi connectivity index (χ3v) is 3.85. The number of fused-ring (bicyclic) bond motifs is 1. The second kappa shape index (κ2) is 5.22. The number of hydrogen-bond donors (Lipinski definition) is 1. The molecule has 2 heterocycles. The van der Waals surface area contributed by atoms with Crippen LogP contribution < -0.4 is 0 Å². The maximum Gasteiger partial charge on any atom is 0.0460 e. The molecular formula is C17H22N2. The minimum atomic E-state index is 0.753. The fourth-order valence-electron chi connectivity index (χ4n) is 2.98. The van der Waals surface area contributed by atoms with Crippen LogP contribution in [0.5, 0.6) is 0 Å². The number of benzene rings is 1. The van der Waals surface area contributed by atoms with Crippen molar-refractivity contribution in [2.75, 3.05) is 19.6 Å². The fraction of sp³-hybridized carbons (Fsp3) is 0.412. The van der Waals surface area contributed by atoms with Gasteiger partial charge in [0.1, 0.15) is 0 Å². The summed E-state index contributed by atoms with van der Waals surface area (Å²) in [6, 6.07) is 8.56. The van der Waals surface area contributed by atoms with Gasteiger partial charge in [-0.05, 0) is 24.0 Å². The first kappa shape index (κ1) is 12.5. The predicted molar refractivity (Wildman–Crippen MR) is 82.2 cm³/mol. The third-order valence-electron chi connectivity index (χ3n) is 3.85. The molecule has 0 spiro atoms. The third kappa shape index (κ3) is 2.59. The fourth-order valence-corrected chi connectivity index (χ4v) is 2.98. The van der Waals surface area contributed by atoms with Crippen molar-refractivity contribution in [3.8, 4) is 0 Å². The summed E-state index contributed by atoms with van der Waals surface area (Å²) in [4.78, 5) is 5.92. The second-order valence-corrected chi connectivity index (χ2v) is 5.88.